The zero-order valence-electron chi connectivity index (χ0n) is 13.3. The lowest BCUT2D eigenvalue weighted by atomic mass is 10.1. The molecule has 1 fully saturated rings. The van der Waals surface area contributed by atoms with Crippen molar-refractivity contribution in [1.82, 2.24) is 4.90 Å². The van der Waals surface area contributed by atoms with Gasteiger partial charge in [-0.2, -0.15) is 0 Å². The maximum atomic E-state index is 12.2. The summed E-state index contributed by atoms with van der Waals surface area (Å²) in [6, 6.07) is 4.01. The van der Waals surface area contributed by atoms with E-state index in [1.807, 2.05) is 0 Å². The minimum Gasteiger partial charge on any atom is -0.449 e. The van der Waals surface area contributed by atoms with E-state index < -0.39 is 17.0 Å². The predicted molar refractivity (Wildman–Crippen MR) is 83.1 cm³/mol. The molecule has 2 rings (SSSR count). The van der Waals surface area contributed by atoms with Crippen molar-refractivity contribution >= 4 is 17.6 Å². The van der Waals surface area contributed by atoms with Crippen LogP contribution in [-0.4, -0.2) is 40.9 Å². The van der Waals surface area contributed by atoms with Crippen molar-refractivity contribution in [3.05, 3.63) is 39.4 Å². The molecule has 0 aromatic heterocycles. The van der Waals surface area contributed by atoms with Crippen LogP contribution in [0.15, 0.2) is 18.2 Å². The third kappa shape index (κ3) is 4.06. The molecule has 1 amide bonds. The Morgan fingerprint density at radius 3 is 2.48 bits per heavy atom. The number of piperidine rings is 1. The van der Waals surface area contributed by atoms with E-state index >= 15 is 0 Å². The number of hydrogen-bond acceptors (Lipinski definition) is 5. The number of ether oxygens (including phenoxy) is 1. The van der Waals surface area contributed by atoms with Crippen LogP contribution >= 0.6 is 0 Å². The van der Waals surface area contributed by atoms with Crippen LogP contribution in [0.5, 0.6) is 0 Å². The van der Waals surface area contributed by atoms with Gasteiger partial charge < -0.3 is 9.64 Å². The van der Waals surface area contributed by atoms with Gasteiger partial charge in [0.2, 0.25) is 0 Å². The molecule has 1 heterocycles. The van der Waals surface area contributed by atoms with Crippen LogP contribution in [0.3, 0.4) is 0 Å². The summed E-state index contributed by atoms with van der Waals surface area (Å²) in [5, 5.41) is 10.8. The number of nitro groups is 1. The highest BCUT2D eigenvalue weighted by atomic mass is 16.6. The van der Waals surface area contributed by atoms with E-state index in [9.17, 15) is 19.7 Å². The van der Waals surface area contributed by atoms with E-state index in [2.05, 4.69) is 0 Å². The largest absolute Gasteiger partial charge is 0.449 e. The first-order chi connectivity index (χ1) is 10.9. The molecule has 124 valence electrons. The first kappa shape index (κ1) is 16.9. The second-order valence-electron chi connectivity index (χ2n) is 5.69. The highest BCUT2D eigenvalue weighted by Crippen LogP contribution is 2.20. The highest BCUT2D eigenvalue weighted by molar-refractivity contribution is 5.92. The van der Waals surface area contributed by atoms with Crippen molar-refractivity contribution in [3.8, 4) is 0 Å². The number of rotatable bonds is 4. The Morgan fingerprint density at radius 1 is 1.26 bits per heavy atom. The number of benzene rings is 1. The van der Waals surface area contributed by atoms with Crippen molar-refractivity contribution in [2.45, 2.75) is 39.2 Å². The summed E-state index contributed by atoms with van der Waals surface area (Å²) in [5.74, 6) is -0.849. The van der Waals surface area contributed by atoms with Crippen molar-refractivity contribution in [3.63, 3.8) is 0 Å². The Morgan fingerprint density at radius 2 is 1.91 bits per heavy atom. The number of nitrogens with zero attached hydrogens (tertiary/aromatic N) is 2. The van der Waals surface area contributed by atoms with Crippen LogP contribution < -0.4 is 0 Å². The van der Waals surface area contributed by atoms with Gasteiger partial charge >= 0.3 is 5.97 Å². The van der Waals surface area contributed by atoms with Gasteiger partial charge in [0.25, 0.3) is 11.6 Å². The smallest absolute Gasteiger partial charge is 0.338 e. The van der Waals surface area contributed by atoms with Gasteiger partial charge in [-0.15, -0.1) is 0 Å². The maximum absolute atomic E-state index is 12.2. The van der Waals surface area contributed by atoms with Crippen molar-refractivity contribution in [2.24, 2.45) is 0 Å². The summed E-state index contributed by atoms with van der Waals surface area (Å²) in [5.41, 5.74) is 0.518. The molecule has 1 saturated heterocycles. The molecular formula is C16H20N2O5. The molecule has 1 atom stereocenters. The Hall–Kier alpha value is -2.44. The summed E-state index contributed by atoms with van der Waals surface area (Å²) in [6.45, 7) is 4.49. The number of esters is 1. The molecule has 0 bridgehead atoms. The molecule has 1 aliphatic heterocycles. The average Bonchev–Trinajstić information content (AvgIpc) is 2.54. The van der Waals surface area contributed by atoms with Gasteiger partial charge in [0.15, 0.2) is 6.10 Å². The number of nitro benzene ring substituents is 1. The molecule has 0 N–H and O–H groups in total. The SMILES string of the molecule is Cc1cc(C(=O)O[C@@H](C)C(=O)N2CCCCC2)ccc1[N+](=O)[O-]. The number of carbonyl (C=O) groups excluding carboxylic acids is 2. The number of hydrogen-bond donors (Lipinski definition) is 0. The standard InChI is InChI=1S/C16H20N2O5/c1-11-10-13(6-7-14(11)18(21)22)16(20)23-12(2)15(19)17-8-4-3-5-9-17/h6-7,10,12H,3-5,8-9H2,1-2H3/t12-/m0/s1. The number of aryl methyl sites for hydroxylation is 1. The van der Waals surface area contributed by atoms with Crippen LogP contribution in [0.1, 0.15) is 42.1 Å². The van der Waals surface area contributed by atoms with E-state index in [-0.39, 0.29) is 17.2 Å². The fourth-order valence-corrected chi connectivity index (χ4v) is 2.64. The quantitative estimate of drug-likeness (QED) is 0.483. The molecule has 0 spiro atoms. The normalized spacial score (nSPS) is 15.8. The van der Waals surface area contributed by atoms with Crippen LogP contribution in [0.2, 0.25) is 0 Å². The summed E-state index contributed by atoms with van der Waals surface area (Å²) in [6.07, 6.45) is 2.18. The fraction of sp³-hybridized carbons (Fsp3) is 0.500. The molecule has 1 aliphatic rings. The van der Waals surface area contributed by atoms with Crippen LogP contribution in [-0.2, 0) is 9.53 Å². The van der Waals surface area contributed by atoms with Crippen molar-refractivity contribution in [2.75, 3.05) is 13.1 Å². The predicted octanol–water partition coefficient (Wildman–Crippen LogP) is 2.46. The van der Waals surface area contributed by atoms with E-state index in [1.54, 1.807) is 18.7 Å². The maximum Gasteiger partial charge on any atom is 0.338 e. The zero-order valence-corrected chi connectivity index (χ0v) is 13.3. The third-order valence-corrected chi connectivity index (χ3v) is 3.93. The van der Waals surface area contributed by atoms with E-state index in [1.165, 1.54) is 18.2 Å². The lowest BCUT2D eigenvalue weighted by Crippen LogP contribution is -2.42. The summed E-state index contributed by atoms with van der Waals surface area (Å²) in [4.78, 5) is 36.3. The van der Waals surface area contributed by atoms with E-state index in [0.29, 0.717) is 18.7 Å². The molecule has 0 unspecified atom stereocenters. The van der Waals surface area contributed by atoms with Crippen LogP contribution in [0, 0.1) is 17.0 Å². The highest BCUT2D eigenvalue weighted by Gasteiger charge is 2.25. The molecule has 0 aliphatic carbocycles. The zero-order chi connectivity index (χ0) is 17.0. The summed E-state index contributed by atoms with van der Waals surface area (Å²) >= 11 is 0. The molecule has 1 aromatic carbocycles. The Kier molecular flexibility index (Phi) is 5.31. The van der Waals surface area contributed by atoms with Gasteiger partial charge in [-0.1, -0.05) is 0 Å². The van der Waals surface area contributed by atoms with Gasteiger partial charge in [0.1, 0.15) is 0 Å². The van der Waals surface area contributed by atoms with E-state index in [0.717, 1.165) is 19.3 Å². The lowest BCUT2D eigenvalue weighted by Gasteiger charge is -2.28. The summed E-state index contributed by atoms with van der Waals surface area (Å²) < 4.78 is 5.21. The second-order valence-corrected chi connectivity index (χ2v) is 5.69. The average molecular weight is 320 g/mol. The Labute approximate surface area is 134 Å². The van der Waals surface area contributed by atoms with Crippen molar-refractivity contribution in [1.29, 1.82) is 0 Å². The van der Waals surface area contributed by atoms with Gasteiger partial charge in [-0.05, 0) is 45.2 Å². The molecular weight excluding hydrogens is 300 g/mol. The monoisotopic (exact) mass is 320 g/mol. The van der Waals surface area contributed by atoms with Crippen LogP contribution in [0.4, 0.5) is 5.69 Å². The van der Waals surface area contributed by atoms with Gasteiger partial charge in [-0.3, -0.25) is 14.9 Å². The molecule has 0 saturated carbocycles. The molecule has 7 heteroatoms. The van der Waals surface area contributed by atoms with Crippen molar-refractivity contribution < 1.29 is 19.2 Å². The molecule has 1 aromatic rings. The molecule has 23 heavy (non-hydrogen) atoms. The first-order valence-electron chi connectivity index (χ1n) is 7.65. The minimum atomic E-state index is -0.865. The number of likely N-dealkylation sites (tertiary alicyclic amines) is 1. The Bertz CT molecular complexity index is 623. The number of amides is 1. The summed E-state index contributed by atoms with van der Waals surface area (Å²) in [7, 11) is 0. The second kappa shape index (κ2) is 7.21. The third-order valence-electron chi connectivity index (χ3n) is 3.93. The van der Waals surface area contributed by atoms with Crippen LogP contribution in [0.25, 0.3) is 0 Å². The van der Waals surface area contributed by atoms with Gasteiger partial charge in [0, 0.05) is 24.7 Å². The number of carbonyl (C=O) groups is 2. The topological polar surface area (TPSA) is 89.8 Å². The van der Waals surface area contributed by atoms with E-state index in [4.69, 9.17) is 4.74 Å². The molecule has 0 radical (unpaired) electrons. The van der Waals surface area contributed by atoms with Gasteiger partial charge in [-0.25, -0.2) is 4.79 Å². The fourth-order valence-electron chi connectivity index (χ4n) is 2.64. The lowest BCUT2D eigenvalue weighted by molar-refractivity contribution is -0.385. The van der Waals surface area contributed by atoms with Gasteiger partial charge in [0.05, 0.1) is 10.5 Å². The molecule has 7 nitrogen and oxygen atoms in total. The first-order valence-corrected chi connectivity index (χ1v) is 7.65. The Balaban J connectivity index is 2.01. The minimum absolute atomic E-state index is 0.0565.